The smallest absolute Gasteiger partial charge is 0.339 e. The molecular weight excluding hydrogens is 418 g/mol. The number of rotatable bonds is 7. The third-order valence-electron chi connectivity index (χ3n) is 5.29. The third-order valence-corrected chi connectivity index (χ3v) is 6.53. The van der Waals surface area contributed by atoms with E-state index in [0.29, 0.717) is 5.56 Å². The monoisotopic (exact) mass is 443 g/mol. The van der Waals surface area contributed by atoms with Crippen LogP contribution >= 0.6 is 0 Å². The van der Waals surface area contributed by atoms with Gasteiger partial charge in [-0.1, -0.05) is 84.4 Å². The van der Waals surface area contributed by atoms with Crippen LogP contribution in [0.1, 0.15) is 24.1 Å². The molecule has 0 spiro atoms. The van der Waals surface area contributed by atoms with Gasteiger partial charge in [0.25, 0.3) is 0 Å². The Bertz CT molecular complexity index is 1300. The Hall–Kier alpha value is -3.57. The number of anilines is 1. The largest absolute Gasteiger partial charge is 0.378 e. The van der Waals surface area contributed by atoms with E-state index in [2.05, 4.69) is 24.4 Å². The van der Waals surface area contributed by atoms with Crippen LogP contribution in [0.2, 0.25) is 0 Å². The zero-order valence-corrected chi connectivity index (χ0v) is 18.8. The Labute approximate surface area is 189 Å². The van der Waals surface area contributed by atoms with Crippen molar-refractivity contribution in [2.75, 3.05) is 5.32 Å². The Morgan fingerprint density at radius 3 is 2.03 bits per heavy atom. The fourth-order valence-electron chi connectivity index (χ4n) is 3.54. The molecule has 4 aromatic rings. The minimum Gasteiger partial charge on any atom is -0.378 e. The zero-order chi connectivity index (χ0) is 22.6. The van der Waals surface area contributed by atoms with Crippen molar-refractivity contribution in [3.8, 4) is 16.9 Å². The number of benzene rings is 4. The van der Waals surface area contributed by atoms with Gasteiger partial charge in [-0.3, -0.25) is 0 Å². The lowest BCUT2D eigenvalue weighted by Gasteiger charge is -2.20. The minimum absolute atomic E-state index is 0.0710. The summed E-state index contributed by atoms with van der Waals surface area (Å²) < 4.78 is 31.4. The number of aryl methyl sites for hydroxylation is 1. The molecule has 0 amide bonds. The fraction of sp³-hybridized carbons (Fsp3) is 0.111. The first-order chi connectivity index (χ1) is 15.4. The van der Waals surface area contributed by atoms with Gasteiger partial charge in [-0.2, -0.15) is 8.42 Å². The van der Waals surface area contributed by atoms with E-state index in [1.54, 1.807) is 36.4 Å². The summed E-state index contributed by atoms with van der Waals surface area (Å²) in [4.78, 5) is 0.127. The van der Waals surface area contributed by atoms with Gasteiger partial charge in [-0.15, -0.1) is 0 Å². The van der Waals surface area contributed by atoms with E-state index in [0.717, 1.165) is 22.4 Å². The molecule has 162 valence electrons. The maximum atomic E-state index is 12.9. The molecule has 0 radical (unpaired) electrons. The van der Waals surface area contributed by atoms with Crippen LogP contribution in [0.25, 0.3) is 11.1 Å². The second-order valence-electron chi connectivity index (χ2n) is 7.67. The average molecular weight is 444 g/mol. The molecule has 0 heterocycles. The molecule has 4 aromatic carbocycles. The molecule has 0 bridgehead atoms. The third kappa shape index (κ3) is 4.84. The van der Waals surface area contributed by atoms with Crippen molar-refractivity contribution in [2.45, 2.75) is 24.8 Å². The molecule has 0 unspecified atom stereocenters. The summed E-state index contributed by atoms with van der Waals surface area (Å²) in [6, 6.07) is 31.9. The Morgan fingerprint density at radius 1 is 0.719 bits per heavy atom. The van der Waals surface area contributed by atoms with Crippen molar-refractivity contribution < 1.29 is 12.6 Å². The highest BCUT2D eigenvalue weighted by Crippen LogP contribution is 2.37. The van der Waals surface area contributed by atoms with E-state index in [1.807, 2.05) is 61.5 Å². The van der Waals surface area contributed by atoms with Crippen LogP contribution in [0.15, 0.2) is 108 Å². The summed E-state index contributed by atoms with van der Waals surface area (Å²) in [6.07, 6.45) is 0. The quantitative estimate of drug-likeness (QED) is 0.327. The van der Waals surface area contributed by atoms with E-state index >= 15 is 0 Å². The predicted molar refractivity (Wildman–Crippen MR) is 129 cm³/mol. The van der Waals surface area contributed by atoms with E-state index < -0.39 is 10.1 Å². The van der Waals surface area contributed by atoms with E-state index in [1.165, 1.54) is 0 Å². The molecule has 0 fully saturated rings. The van der Waals surface area contributed by atoms with Crippen molar-refractivity contribution in [1.82, 2.24) is 0 Å². The molecule has 5 heteroatoms. The maximum absolute atomic E-state index is 12.9. The summed E-state index contributed by atoms with van der Waals surface area (Å²) in [5, 5.41) is 3.55. The molecule has 1 atom stereocenters. The number of nitrogens with one attached hydrogen (secondary N) is 1. The van der Waals surface area contributed by atoms with Crippen molar-refractivity contribution in [2.24, 2.45) is 0 Å². The molecule has 4 rings (SSSR count). The van der Waals surface area contributed by atoms with Crippen LogP contribution in [0, 0.1) is 6.92 Å². The first kappa shape index (κ1) is 21.7. The Kier molecular flexibility index (Phi) is 6.28. The number of para-hydroxylation sites is 2. The van der Waals surface area contributed by atoms with Gasteiger partial charge in [-0.05, 0) is 43.7 Å². The van der Waals surface area contributed by atoms with Gasteiger partial charge in [0.1, 0.15) is 4.90 Å². The first-order valence-electron chi connectivity index (χ1n) is 10.4. The molecular formula is C27H25NO3S. The second-order valence-corrected chi connectivity index (χ2v) is 9.22. The normalized spacial score (nSPS) is 12.2. The topological polar surface area (TPSA) is 55.4 Å². The molecule has 0 aliphatic carbocycles. The zero-order valence-electron chi connectivity index (χ0n) is 18.0. The maximum Gasteiger partial charge on any atom is 0.339 e. The highest BCUT2D eigenvalue weighted by Gasteiger charge is 2.20. The van der Waals surface area contributed by atoms with Crippen LogP contribution in [-0.2, 0) is 10.1 Å². The van der Waals surface area contributed by atoms with Gasteiger partial charge in [0.2, 0.25) is 0 Å². The lowest BCUT2D eigenvalue weighted by molar-refractivity contribution is 0.487. The summed E-state index contributed by atoms with van der Waals surface area (Å²) in [5.74, 6) is 0.287. The minimum atomic E-state index is -3.96. The van der Waals surface area contributed by atoms with Gasteiger partial charge in [0.05, 0.1) is 0 Å². The van der Waals surface area contributed by atoms with Gasteiger partial charge in [0, 0.05) is 22.9 Å². The summed E-state index contributed by atoms with van der Waals surface area (Å²) in [5.41, 5.74) is 4.61. The lowest BCUT2D eigenvalue weighted by Crippen LogP contribution is -2.11. The average Bonchev–Trinajstić information content (AvgIpc) is 2.80. The SMILES string of the molecule is Cc1ccc(S(=O)(=O)Oc2ccccc2-c2ccccc2N[C@H](C)c2ccccc2)cc1. The molecule has 0 saturated carbocycles. The second kappa shape index (κ2) is 9.28. The van der Waals surface area contributed by atoms with Crippen LogP contribution in [0.3, 0.4) is 0 Å². The first-order valence-corrected chi connectivity index (χ1v) is 11.9. The molecule has 0 saturated heterocycles. The van der Waals surface area contributed by atoms with Crippen LogP contribution < -0.4 is 9.50 Å². The van der Waals surface area contributed by atoms with Gasteiger partial charge < -0.3 is 9.50 Å². The van der Waals surface area contributed by atoms with Crippen molar-refractivity contribution in [3.05, 3.63) is 114 Å². The van der Waals surface area contributed by atoms with Gasteiger partial charge >= 0.3 is 10.1 Å². The molecule has 0 aliphatic heterocycles. The van der Waals surface area contributed by atoms with Crippen molar-refractivity contribution in [1.29, 1.82) is 0 Å². The number of hydrogen-bond donors (Lipinski definition) is 1. The van der Waals surface area contributed by atoms with Crippen LogP contribution in [-0.4, -0.2) is 8.42 Å². The van der Waals surface area contributed by atoms with Gasteiger partial charge in [-0.25, -0.2) is 0 Å². The van der Waals surface area contributed by atoms with Crippen molar-refractivity contribution in [3.63, 3.8) is 0 Å². The molecule has 4 nitrogen and oxygen atoms in total. The van der Waals surface area contributed by atoms with Crippen LogP contribution in [0.5, 0.6) is 5.75 Å². The fourth-order valence-corrected chi connectivity index (χ4v) is 4.48. The van der Waals surface area contributed by atoms with Crippen LogP contribution in [0.4, 0.5) is 5.69 Å². The summed E-state index contributed by atoms with van der Waals surface area (Å²) in [7, 11) is -3.96. The Morgan fingerprint density at radius 2 is 1.31 bits per heavy atom. The molecule has 32 heavy (non-hydrogen) atoms. The number of hydrogen-bond acceptors (Lipinski definition) is 4. The lowest BCUT2D eigenvalue weighted by atomic mass is 10.0. The predicted octanol–water partition coefficient (Wildman–Crippen LogP) is 6.60. The molecule has 0 aromatic heterocycles. The highest BCUT2D eigenvalue weighted by molar-refractivity contribution is 7.87. The summed E-state index contributed by atoms with van der Waals surface area (Å²) in [6.45, 7) is 4.00. The van der Waals surface area contributed by atoms with Gasteiger partial charge in [0.15, 0.2) is 5.75 Å². The molecule has 0 aliphatic rings. The highest BCUT2D eigenvalue weighted by atomic mass is 32.2. The Balaban J connectivity index is 1.68. The molecule has 1 N–H and O–H groups in total. The van der Waals surface area contributed by atoms with E-state index in [-0.39, 0.29) is 16.7 Å². The van der Waals surface area contributed by atoms with E-state index in [4.69, 9.17) is 4.18 Å². The standard InChI is InChI=1S/C27H25NO3S/c1-20-16-18-23(19-17-20)32(29,30)31-27-15-9-7-13-25(27)24-12-6-8-14-26(24)28-21(2)22-10-4-3-5-11-22/h3-19,21,28H,1-2H3/t21-/m1/s1. The summed E-state index contributed by atoms with van der Waals surface area (Å²) >= 11 is 0. The van der Waals surface area contributed by atoms with Crippen molar-refractivity contribution >= 4 is 15.8 Å². The van der Waals surface area contributed by atoms with E-state index in [9.17, 15) is 8.42 Å².